The van der Waals surface area contributed by atoms with E-state index in [1.807, 2.05) is 16.2 Å². The van der Waals surface area contributed by atoms with Crippen LogP contribution >= 0.6 is 11.3 Å². The number of hydrogen-bond acceptors (Lipinski definition) is 5. The monoisotopic (exact) mass is 426 g/mol. The Morgan fingerprint density at radius 2 is 2.10 bits per heavy atom. The van der Waals surface area contributed by atoms with Gasteiger partial charge in [0.05, 0.1) is 17.8 Å². The molecular weight excluding hydrogens is 396 g/mol. The maximum absolute atomic E-state index is 12.9. The second-order valence-electron chi connectivity index (χ2n) is 9.17. The number of hydrogen-bond donors (Lipinski definition) is 1. The molecule has 5 rings (SSSR count). The third kappa shape index (κ3) is 3.97. The van der Waals surface area contributed by atoms with Crippen LogP contribution in [0.25, 0.3) is 0 Å². The molecule has 1 saturated carbocycles. The molecule has 7 heteroatoms. The molecule has 0 bridgehead atoms. The number of thiophene rings is 1. The van der Waals surface area contributed by atoms with Gasteiger partial charge in [-0.1, -0.05) is 0 Å². The Bertz CT molecular complexity index is 1020. The summed E-state index contributed by atoms with van der Waals surface area (Å²) >= 11 is 1.87. The number of fused-ring (bicyclic) bond motifs is 1. The number of piperidine rings is 1. The van der Waals surface area contributed by atoms with Gasteiger partial charge >= 0.3 is 0 Å². The quantitative estimate of drug-likeness (QED) is 0.816. The number of carbonyl (C=O) groups excluding carboxylic acids is 1. The lowest BCUT2D eigenvalue weighted by Crippen LogP contribution is -2.41. The topological polar surface area (TPSA) is 69.3 Å². The van der Waals surface area contributed by atoms with Gasteiger partial charge in [0.1, 0.15) is 5.82 Å². The highest BCUT2D eigenvalue weighted by Crippen LogP contribution is 2.33. The minimum atomic E-state index is -0.0512. The minimum Gasteiger partial charge on any atom is -0.337 e. The van der Waals surface area contributed by atoms with Crippen molar-refractivity contribution in [2.24, 2.45) is 5.92 Å². The molecule has 6 nitrogen and oxygen atoms in total. The molecule has 1 amide bonds. The molecule has 2 aliphatic heterocycles. The van der Waals surface area contributed by atoms with Gasteiger partial charge in [-0.05, 0) is 57.7 Å². The number of aromatic nitrogens is 2. The fraction of sp³-hybridized carbons (Fsp3) is 0.609. The van der Waals surface area contributed by atoms with Crippen molar-refractivity contribution in [3.05, 3.63) is 48.8 Å². The molecule has 4 heterocycles. The van der Waals surface area contributed by atoms with Crippen molar-refractivity contribution < 1.29 is 4.79 Å². The zero-order chi connectivity index (χ0) is 20.8. The summed E-state index contributed by atoms with van der Waals surface area (Å²) in [5.41, 5.74) is 2.96. The molecule has 0 radical (unpaired) electrons. The summed E-state index contributed by atoms with van der Waals surface area (Å²) in [6, 6.07) is 2.30. The van der Waals surface area contributed by atoms with E-state index in [9.17, 15) is 9.59 Å². The Morgan fingerprint density at radius 1 is 1.27 bits per heavy atom. The smallest absolute Gasteiger partial charge is 0.256 e. The number of likely N-dealkylation sites (tertiary alicyclic amines) is 1. The van der Waals surface area contributed by atoms with E-state index in [4.69, 9.17) is 4.98 Å². The van der Waals surface area contributed by atoms with Crippen LogP contribution in [0.5, 0.6) is 0 Å². The van der Waals surface area contributed by atoms with E-state index in [1.165, 1.54) is 15.3 Å². The van der Waals surface area contributed by atoms with Gasteiger partial charge in [0.2, 0.25) is 5.91 Å². The molecule has 2 aromatic heterocycles. The summed E-state index contributed by atoms with van der Waals surface area (Å²) in [7, 11) is 0. The van der Waals surface area contributed by atoms with Gasteiger partial charge < -0.3 is 9.88 Å². The number of aromatic amines is 1. The molecule has 3 aliphatic rings. The van der Waals surface area contributed by atoms with Gasteiger partial charge in [-0.2, -0.15) is 0 Å². The van der Waals surface area contributed by atoms with Crippen LogP contribution in [0, 0.1) is 19.8 Å². The number of nitrogens with zero attached hydrogens (tertiary/aromatic N) is 3. The first-order chi connectivity index (χ1) is 14.5. The second kappa shape index (κ2) is 7.93. The van der Waals surface area contributed by atoms with Gasteiger partial charge in [-0.3, -0.25) is 14.5 Å². The van der Waals surface area contributed by atoms with Crippen LogP contribution in [0.1, 0.15) is 64.0 Å². The Balaban J connectivity index is 1.31. The Kier molecular flexibility index (Phi) is 5.27. The summed E-state index contributed by atoms with van der Waals surface area (Å²) in [5.74, 6) is 1.51. The van der Waals surface area contributed by atoms with Crippen molar-refractivity contribution in [1.29, 1.82) is 0 Å². The lowest BCUT2D eigenvalue weighted by Gasteiger charge is -2.33. The van der Waals surface area contributed by atoms with E-state index in [1.54, 1.807) is 0 Å². The predicted molar refractivity (Wildman–Crippen MR) is 118 cm³/mol. The first-order valence-corrected chi connectivity index (χ1v) is 12.0. The zero-order valence-electron chi connectivity index (χ0n) is 17.9. The molecule has 1 saturated heterocycles. The van der Waals surface area contributed by atoms with Gasteiger partial charge in [0.25, 0.3) is 5.56 Å². The summed E-state index contributed by atoms with van der Waals surface area (Å²) in [6.07, 6.45) is 4.87. The molecule has 1 aliphatic carbocycles. The summed E-state index contributed by atoms with van der Waals surface area (Å²) in [6.45, 7) is 8.48. The van der Waals surface area contributed by atoms with E-state index in [0.717, 1.165) is 56.8 Å². The Hall–Kier alpha value is -1.99. The molecule has 1 unspecified atom stereocenters. The number of amides is 1. The number of rotatable bonds is 4. The minimum absolute atomic E-state index is 0.0512. The third-order valence-corrected chi connectivity index (χ3v) is 7.76. The highest BCUT2D eigenvalue weighted by Gasteiger charge is 2.35. The van der Waals surface area contributed by atoms with E-state index in [2.05, 4.69) is 29.8 Å². The highest BCUT2D eigenvalue weighted by molar-refractivity contribution is 7.12. The molecule has 30 heavy (non-hydrogen) atoms. The largest absolute Gasteiger partial charge is 0.337 e. The third-order valence-electron chi connectivity index (χ3n) is 6.76. The summed E-state index contributed by atoms with van der Waals surface area (Å²) < 4.78 is 0. The Morgan fingerprint density at radius 3 is 2.83 bits per heavy atom. The van der Waals surface area contributed by atoms with Crippen molar-refractivity contribution in [2.75, 3.05) is 19.6 Å². The summed E-state index contributed by atoms with van der Waals surface area (Å²) in [4.78, 5) is 40.3. The number of carbonyl (C=O) groups is 1. The molecule has 2 fully saturated rings. The van der Waals surface area contributed by atoms with Crippen molar-refractivity contribution >= 4 is 17.2 Å². The second-order valence-corrected chi connectivity index (χ2v) is 10.6. The molecular formula is C23H30N4O2S. The molecule has 1 atom stereocenters. The van der Waals surface area contributed by atoms with Crippen LogP contribution in [-0.4, -0.2) is 45.3 Å². The average Bonchev–Trinajstić information content (AvgIpc) is 3.53. The average molecular weight is 427 g/mol. The van der Waals surface area contributed by atoms with Gasteiger partial charge in [0, 0.05) is 47.6 Å². The molecule has 0 spiro atoms. The maximum atomic E-state index is 12.9. The van der Waals surface area contributed by atoms with Gasteiger partial charge in [-0.25, -0.2) is 4.98 Å². The van der Waals surface area contributed by atoms with E-state index in [-0.39, 0.29) is 23.3 Å². The molecule has 0 aromatic carbocycles. The fourth-order valence-electron chi connectivity index (χ4n) is 4.92. The van der Waals surface area contributed by atoms with Crippen molar-refractivity contribution in [2.45, 2.75) is 65.0 Å². The first kappa shape index (κ1) is 19.9. The maximum Gasteiger partial charge on any atom is 0.256 e. The Labute approximate surface area is 181 Å². The molecule has 2 aromatic rings. The molecule has 160 valence electrons. The van der Waals surface area contributed by atoms with Crippen LogP contribution in [0.4, 0.5) is 0 Å². The van der Waals surface area contributed by atoms with Crippen LogP contribution in [0.15, 0.2) is 10.9 Å². The van der Waals surface area contributed by atoms with Crippen molar-refractivity contribution in [3.8, 4) is 0 Å². The summed E-state index contributed by atoms with van der Waals surface area (Å²) in [5, 5.41) is 0. The lowest BCUT2D eigenvalue weighted by atomic mass is 9.96. The fourth-order valence-corrected chi connectivity index (χ4v) is 5.86. The van der Waals surface area contributed by atoms with E-state index < -0.39 is 0 Å². The van der Waals surface area contributed by atoms with Gasteiger partial charge in [-0.15, -0.1) is 11.3 Å². The number of nitrogens with one attached hydrogen (secondary N) is 1. The van der Waals surface area contributed by atoms with E-state index in [0.29, 0.717) is 25.1 Å². The normalized spacial score (nSPS) is 22.2. The predicted octanol–water partition coefficient (Wildman–Crippen LogP) is 3.12. The molecule has 1 N–H and O–H groups in total. The van der Waals surface area contributed by atoms with Crippen LogP contribution < -0.4 is 5.56 Å². The SMILES string of the molecule is Cc1cc(CN2CCCC(c3nc4c(c(=O)[nH]3)CN(C(=O)C3CC3)CC4)C2)c(C)s1. The van der Waals surface area contributed by atoms with Crippen LogP contribution in [0.3, 0.4) is 0 Å². The highest BCUT2D eigenvalue weighted by atomic mass is 32.1. The van der Waals surface area contributed by atoms with E-state index >= 15 is 0 Å². The van der Waals surface area contributed by atoms with Crippen LogP contribution in [-0.2, 0) is 24.3 Å². The van der Waals surface area contributed by atoms with Crippen molar-refractivity contribution in [3.63, 3.8) is 0 Å². The number of H-pyrrole nitrogens is 1. The standard InChI is InChI=1S/C23H30N4O2S/c1-14-10-18(15(2)30-14)12-26-8-3-4-17(11-26)21-24-20-7-9-27(23(29)16-5-6-16)13-19(20)22(28)25-21/h10,16-17H,3-9,11-13H2,1-2H3,(H,24,25,28). The zero-order valence-corrected chi connectivity index (χ0v) is 18.7. The lowest BCUT2D eigenvalue weighted by molar-refractivity contribution is -0.133. The van der Waals surface area contributed by atoms with Gasteiger partial charge in [0.15, 0.2) is 0 Å². The van der Waals surface area contributed by atoms with Crippen molar-refractivity contribution in [1.82, 2.24) is 19.8 Å². The number of aryl methyl sites for hydroxylation is 2. The first-order valence-electron chi connectivity index (χ1n) is 11.2. The van der Waals surface area contributed by atoms with Crippen LogP contribution in [0.2, 0.25) is 0 Å².